The van der Waals surface area contributed by atoms with Crippen LogP contribution in [0.25, 0.3) is 0 Å². The van der Waals surface area contributed by atoms with Crippen molar-refractivity contribution in [3.63, 3.8) is 0 Å². The Hall–Kier alpha value is -1.37. The normalized spacial score (nSPS) is 19.6. The average molecular weight is 272 g/mol. The van der Waals surface area contributed by atoms with Crippen LogP contribution in [0, 0.1) is 0 Å². The Morgan fingerprint density at radius 3 is 2.53 bits per heavy atom. The van der Waals surface area contributed by atoms with Gasteiger partial charge in [0.15, 0.2) is 5.69 Å². The Morgan fingerprint density at radius 1 is 1.11 bits per heavy atom. The van der Waals surface area contributed by atoms with E-state index in [1.54, 1.807) is 0 Å². The number of rotatable bonds is 1. The molecule has 2 aliphatic heterocycles. The first-order valence-corrected chi connectivity index (χ1v) is 6.48. The van der Waals surface area contributed by atoms with E-state index >= 15 is 0 Å². The highest BCUT2D eigenvalue weighted by molar-refractivity contribution is 5.40. The lowest BCUT2D eigenvalue weighted by Gasteiger charge is -2.24. The van der Waals surface area contributed by atoms with Gasteiger partial charge in [-0.05, 0) is 12.8 Å². The van der Waals surface area contributed by atoms with Crippen LogP contribution in [0.3, 0.4) is 0 Å². The summed E-state index contributed by atoms with van der Waals surface area (Å²) in [5.41, 5.74) is -0.0173. The maximum absolute atomic E-state index is 13.1. The van der Waals surface area contributed by atoms with Crippen LogP contribution < -0.4 is 10.2 Å². The molecule has 0 bridgehead atoms. The minimum atomic E-state index is -4.42. The topological polar surface area (TPSA) is 41.1 Å². The number of nitrogens with zero attached hydrogens (tertiary/aromatic N) is 3. The number of alkyl halides is 3. The first kappa shape index (κ1) is 12.7. The summed E-state index contributed by atoms with van der Waals surface area (Å²) in [6.45, 7) is 2.36. The van der Waals surface area contributed by atoms with Gasteiger partial charge < -0.3 is 10.2 Å². The smallest absolute Gasteiger partial charge is 0.341 e. The number of anilines is 1. The second-order valence-electron chi connectivity index (χ2n) is 4.92. The monoisotopic (exact) mass is 272 g/mol. The van der Waals surface area contributed by atoms with Gasteiger partial charge in [-0.2, -0.15) is 13.2 Å². The largest absolute Gasteiger partial charge is 0.433 e. The predicted molar refractivity (Wildman–Crippen MR) is 63.9 cm³/mol. The van der Waals surface area contributed by atoms with E-state index < -0.39 is 11.9 Å². The standard InChI is InChI=1S/C12H15F3N4/c13-12(14,15)10-8-7-16-4-3-9(8)17-11(18-10)19-5-1-2-6-19/h16H,1-7H2. The summed E-state index contributed by atoms with van der Waals surface area (Å²) in [5, 5.41) is 2.95. The summed E-state index contributed by atoms with van der Waals surface area (Å²) in [6, 6.07) is 0. The highest BCUT2D eigenvalue weighted by atomic mass is 19.4. The minimum Gasteiger partial charge on any atom is -0.341 e. The van der Waals surface area contributed by atoms with E-state index in [0.29, 0.717) is 18.7 Å². The van der Waals surface area contributed by atoms with Crippen LogP contribution >= 0.6 is 0 Å². The number of hydrogen-bond donors (Lipinski definition) is 1. The van der Waals surface area contributed by atoms with Crippen LogP contribution in [0.1, 0.15) is 29.8 Å². The molecule has 1 saturated heterocycles. The number of halogens is 3. The molecule has 0 spiro atoms. The summed E-state index contributed by atoms with van der Waals surface area (Å²) in [4.78, 5) is 9.98. The van der Waals surface area contributed by atoms with Gasteiger partial charge in [-0.25, -0.2) is 9.97 Å². The first-order chi connectivity index (χ1) is 9.05. The van der Waals surface area contributed by atoms with Crippen LogP contribution in [0.4, 0.5) is 19.1 Å². The number of fused-ring (bicyclic) bond motifs is 1. The predicted octanol–water partition coefficient (Wildman–Crippen LogP) is 1.74. The molecule has 104 valence electrons. The minimum absolute atomic E-state index is 0.199. The fraction of sp³-hybridized carbons (Fsp3) is 0.667. The van der Waals surface area contributed by atoms with Gasteiger partial charge in [-0.15, -0.1) is 0 Å². The average Bonchev–Trinajstić information content (AvgIpc) is 2.90. The van der Waals surface area contributed by atoms with Gasteiger partial charge in [0.1, 0.15) is 0 Å². The van der Waals surface area contributed by atoms with Crippen molar-refractivity contribution in [3.8, 4) is 0 Å². The molecule has 4 nitrogen and oxygen atoms in total. The Balaban J connectivity index is 2.07. The van der Waals surface area contributed by atoms with Crippen LogP contribution in [-0.2, 0) is 19.1 Å². The first-order valence-electron chi connectivity index (χ1n) is 6.48. The molecule has 0 amide bonds. The Labute approximate surface area is 109 Å². The van der Waals surface area contributed by atoms with Crippen LogP contribution in [-0.4, -0.2) is 29.6 Å². The van der Waals surface area contributed by atoms with Crippen molar-refractivity contribution in [1.82, 2.24) is 15.3 Å². The molecule has 3 heterocycles. The molecule has 3 rings (SSSR count). The summed E-state index contributed by atoms with van der Waals surface area (Å²) < 4.78 is 39.3. The molecular weight excluding hydrogens is 257 g/mol. The fourth-order valence-corrected chi connectivity index (χ4v) is 2.62. The zero-order chi connectivity index (χ0) is 13.5. The summed E-state index contributed by atoms with van der Waals surface area (Å²) in [5.74, 6) is 0.241. The van der Waals surface area contributed by atoms with E-state index in [1.807, 2.05) is 4.90 Å². The van der Waals surface area contributed by atoms with Crippen LogP contribution in [0.5, 0.6) is 0 Å². The molecule has 1 N–H and O–H groups in total. The molecule has 1 aromatic rings. The molecule has 19 heavy (non-hydrogen) atoms. The second-order valence-corrected chi connectivity index (χ2v) is 4.92. The van der Waals surface area contributed by atoms with Gasteiger partial charge in [-0.1, -0.05) is 0 Å². The maximum atomic E-state index is 13.1. The highest BCUT2D eigenvalue weighted by Gasteiger charge is 2.38. The van der Waals surface area contributed by atoms with Crippen molar-refractivity contribution in [2.45, 2.75) is 32.0 Å². The molecule has 0 aromatic carbocycles. The number of aromatic nitrogens is 2. The van der Waals surface area contributed by atoms with E-state index in [9.17, 15) is 13.2 Å². The van der Waals surface area contributed by atoms with Crippen LogP contribution in [0.2, 0.25) is 0 Å². The fourth-order valence-electron chi connectivity index (χ4n) is 2.62. The quantitative estimate of drug-likeness (QED) is 0.845. The maximum Gasteiger partial charge on any atom is 0.433 e. The van der Waals surface area contributed by atoms with E-state index in [4.69, 9.17) is 0 Å². The summed E-state index contributed by atoms with van der Waals surface area (Å²) in [7, 11) is 0. The molecule has 0 unspecified atom stereocenters. The third-order valence-corrected chi connectivity index (χ3v) is 3.58. The highest BCUT2D eigenvalue weighted by Crippen LogP contribution is 2.34. The van der Waals surface area contributed by atoms with Gasteiger partial charge in [0.05, 0.1) is 5.69 Å². The molecule has 0 aliphatic carbocycles. The van der Waals surface area contributed by atoms with Gasteiger partial charge in [0.2, 0.25) is 5.95 Å². The molecule has 1 fully saturated rings. The Bertz CT molecular complexity index is 481. The summed E-state index contributed by atoms with van der Waals surface area (Å²) >= 11 is 0. The third-order valence-electron chi connectivity index (χ3n) is 3.58. The lowest BCUT2D eigenvalue weighted by atomic mass is 10.1. The Kier molecular flexibility index (Phi) is 3.08. The molecule has 0 atom stereocenters. The molecule has 7 heteroatoms. The van der Waals surface area contributed by atoms with Gasteiger partial charge in [0, 0.05) is 38.2 Å². The zero-order valence-corrected chi connectivity index (χ0v) is 10.4. The van der Waals surface area contributed by atoms with Crippen LogP contribution in [0.15, 0.2) is 0 Å². The van der Waals surface area contributed by atoms with E-state index in [-0.39, 0.29) is 18.1 Å². The van der Waals surface area contributed by atoms with Crippen molar-refractivity contribution in [3.05, 3.63) is 17.0 Å². The zero-order valence-electron chi connectivity index (χ0n) is 10.4. The lowest BCUT2D eigenvalue weighted by molar-refractivity contribution is -0.142. The Morgan fingerprint density at radius 2 is 1.84 bits per heavy atom. The molecule has 0 radical (unpaired) electrons. The van der Waals surface area contributed by atoms with E-state index in [1.165, 1.54) is 0 Å². The van der Waals surface area contributed by atoms with Gasteiger partial charge in [0.25, 0.3) is 0 Å². The van der Waals surface area contributed by atoms with Gasteiger partial charge >= 0.3 is 6.18 Å². The molecule has 0 saturated carbocycles. The lowest BCUT2D eigenvalue weighted by Crippen LogP contribution is -2.31. The molecule has 2 aliphatic rings. The summed E-state index contributed by atoms with van der Waals surface area (Å²) in [6.07, 6.45) is -1.91. The van der Waals surface area contributed by atoms with Crippen molar-refractivity contribution in [2.75, 3.05) is 24.5 Å². The number of hydrogen-bond acceptors (Lipinski definition) is 4. The molecular formula is C12H15F3N4. The second kappa shape index (κ2) is 4.63. The third kappa shape index (κ3) is 2.39. The van der Waals surface area contributed by atoms with E-state index in [0.717, 1.165) is 25.9 Å². The van der Waals surface area contributed by atoms with Crippen molar-refractivity contribution < 1.29 is 13.2 Å². The van der Waals surface area contributed by atoms with Crippen molar-refractivity contribution >= 4 is 5.95 Å². The molecule has 1 aromatic heterocycles. The SMILES string of the molecule is FC(F)(F)c1nc(N2CCCC2)nc2c1CNCC2. The van der Waals surface area contributed by atoms with E-state index in [2.05, 4.69) is 15.3 Å². The van der Waals surface area contributed by atoms with Crippen molar-refractivity contribution in [1.29, 1.82) is 0 Å². The van der Waals surface area contributed by atoms with Crippen molar-refractivity contribution in [2.24, 2.45) is 0 Å². The number of nitrogens with one attached hydrogen (secondary N) is 1. The van der Waals surface area contributed by atoms with Gasteiger partial charge in [-0.3, -0.25) is 0 Å².